The predicted molar refractivity (Wildman–Crippen MR) is 27.4 cm³/mol. The zero-order valence-electron chi connectivity index (χ0n) is 4.38. The van der Waals surface area contributed by atoms with E-state index in [-0.39, 0.29) is 5.56 Å². The molecule has 0 radical (unpaired) electrons. The zero-order chi connectivity index (χ0) is 5.98. The molecule has 1 aromatic heterocycles. The van der Waals surface area contributed by atoms with Crippen LogP contribution in [0.5, 0.6) is 0 Å². The molecule has 0 saturated carbocycles. The molecule has 0 aromatic carbocycles. The van der Waals surface area contributed by atoms with Gasteiger partial charge in [-0.2, -0.15) is 5.10 Å². The molecular formula is C4H5N3O. The van der Waals surface area contributed by atoms with Crippen molar-refractivity contribution in [3.05, 3.63) is 22.4 Å². The highest BCUT2D eigenvalue weighted by Gasteiger charge is 1.82. The lowest BCUT2D eigenvalue weighted by Crippen LogP contribution is -2.08. The summed E-state index contributed by atoms with van der Waals surface area (Å²) in [5.74, 6) is 0.539. The van der Waals surface area contributed by atoms with E-state index in [9.17, 15) is 4.79 Å². The van der Waals surface area contributed by atoms with Gasteiger partial charge in [-0.05, 0) is 6.92 Å². The number of hydrogen-bond donors (Lipinski definition) is 1. The minimum Gasteiger partial charge on any atom is -0.308 e. The summed E-state index contributed by atoms with van der Waals surface area (Å²) in [6.45, 7) is 1.67. The van der Waals surface area contributed by atoms with Crippen LogP contribution < -0.4 is 5.56 Å². The summed E-state index contributed by atoms with van der Waals surface area (Å²) < 4.78 is 0. The highest BCUT2D eigenvalue weighted by molar-refractivity contribution is 4.76. The molecule has 0 fully saturated rings. The monoisotopic (exact) mass is 111 g/mol. The molecule has 1 aromatic rings. The maximum Gasteiger partial charge on any atom is 0.269 e. The molecule has 0 saturated heterocycles. The van der Waals surface area contributed by atoms with Crippen molar-refractivity contribution < 1.29 is 0 Å². The normalized spacial score (nSPS) is 9.12. The molecule has 1 N–H and O–H groups in total. The lowest BCUT2D eigenvalue weighted by molar-refractivity contribution is 0.884. The first-order valence-electron chi connectivity index (χ1n) is 2.17. The van der Waals surface area contributed by atoms with Gasteiger partial charge in [0.05, 0.1) is 0 Å². The first-order valence-corrected chi connectivity index (χ1v) is 2.17. The minimum atomic E-state index is -0.211. The second kappa shape index (κ2) is 1.73. The molecule has 1 heterocycles. The maximum atomic E-state index is 10.3. The van der Waals surface area contributed by atoms with Crippen LogP contribution in [0, 0.1) is 6.92 Å². The molecule has 0 unspecified atom stereocenters. The highest BCUT2D eigenvalue weighted by Crippen LogP contribution is 1.68. The number of aryl methyl sites for hydroxylation is 1. The average Bonchev–Trinajstić information content (AvgIpc) is 1.64. The van der Waals surface area contributed by atoms with Crippen molar-refractivity contribution in [1.82, 2.24) is 15.2 Å². The van der Waals surface area contributed by atoms with E-state index in [1.807, 2.05) is 0 Å². The Morgan fingerprint density at radius 2 is 2.50 bits per heavy atom. The number of rotatable bonds is 0. The Labute approximate surface area is 45.6 Å². The summed E-state index contributed by atoms with van der Waals surface area (Å²) in [6.07, 6.45) is 1.13. The summed E-state index contributed by atoms with van der Waals surface area (Å²) in [5.41, 5.74) is -0.211. The van der Waals surface area contributed by atoms with E-state index in [2.05, 4.69) is 15.2 Å². The number of nitrogens with one attached hydrogen (secondary N) is 1. The Morgan fingerprint density at radius 1 is 1.75 bits per heavy atom. The van der Waals surface area contributed by atoms with Crippen LogP contribution >= 0.6 is 0 Å². The molecule has 0 amide bonds. The average molecular weight is 111 g/mol. The molecule has 8 heavy (non-hydrogen) atoms. The van der Waals surface area contributed by atoms with Crippen molar-refractivity contribution in [2.45, 2.75) is 6.92 Å². The maximum absolute atomic E-state index is 10.3. The molecule has 4 heteroatoms. The fraction of sp³-hybridized carbons (Fsp3) is 0.250. The molecule has 0 spiro atoms. The third kappa shape index (κ3) is 0.900. The Bertz CT molecular complexity index is 229. The first-order chi connectivity index (χ1) is 3.79. The van der Waals surface area contributed by atoms with Crippen molar-refractivity contribution in [2.24, 2.45) is 0 Å². The SMILES string of the molecule is Cc1nncc(=O)[nH]1. The van der Waals surface area contributed by atoms with Crippen LogP contribution in [0.15, 0.2) is 11.0 Å². The van der Waals surface area contributed by atoms with E-state index >= 15 is 0 Å². The summed E-state index contributed by atoms with van der Waals surface area (Å²) >= 11 is 0. The van der Waals surface area contributed by atoms with E-state index in [0.717, 1.165) is 6.20 Å². The quantitative estimate of drug-likeness (QED) is 0.489. The summed E-state index contributed by atoms with van der Waals surface area (Å²) in [5, 5.41) is 6.92. The van der Waals surface area contributed by atoms with Crippen molar-refractivity contribution in [2.75, 3.05) is 0 Å². The van der Waals surface area contributed by atoms with Crippen LogP contribution in [0.4, 0.5) is 0 Å². The van der Waals surface area contributed by atoms with Gasteiger partial charge in [-0.3, -0.25) is 4.79 Å². The Balaban J connectivity index is 3.28. The van der Waals surface area contributed by atoms with E-state index in [1.54, 1.807) is 6.92 Å². The third-order valence-electron chi connectivity index (χ3n) is 0.687. The van der Waals surface area contributed by atoms with Gasteiger partial charge in [0.25, 0.3) is 5.56 Å². The largest absolute Gasteiger partial charge is 0.308 e. The fourth-order valence-corrected chi connectivity index (χ4v) is 0.403. The van der Waals surface area contributed by atoms with E-state index in [4.69, 9.17) is 0 Å². The molecular weight excluding hydrogens is 106 g/mol. The number of hydrogen-bond acceptors (Lipinski definition) is 3. The van der Waals surface area contributed by atoms with Gasteiger partial charge in [-0.15, -0.1) is 5.10 Å². The van der Waals surface area contributed by atoms with Gasteiger partial charge in [0, 0.05) is 0 Å². The second-order valence-electron chi connectivity index (χ2n) is 1.42. The van der Waals surface area contributed by atoms with Gasteiger partial charge in [0.15, 0.2) is 0 Å². The molecule has 0 aliphatic rings. The van der Waals surface area contributed by atoms with Crippen molar-refractivity contribution in [3.63, 3.8) is 0 Å². The molecule has 4 nitrogen and oxygen atoms in total. The van der Waals surface area contributed by atoms with E-state index < -0.39 is 0 Å². The molecule has 42 valence electrons. The van der Waals surface area contributed by atoms with Gasteiger partial charge in [-0.1, -0.05) is 0 Å². The van der Waals surface area contributed by atoms with Crippen LogP contribution in [0.3, 0.4) is 0 Å². The lowest BCUT2D eigenvalue weighted by atomic mass is 10.7. The van der Waals surface area contributed by atoms with Crippen LogP contribution in [0.2, 0.25) is 0 Å². The van der Waals surface area contributed by atoms with Gasteiger partial charge in [-0.25, -0.2) is 0 Å². The predicted octanol–water partition coefficient (Wildman–Crippen LogP) is -0.527. The number of aromatic amines is 1. The fourth-order valence-electron chi connectivity index (χ4n) is 0.403. The third-order valence-corrected chi connectivity index (χ3v) is 0.687. The number of aromatic nitrogens is 3. The molecule has 0 aliphatic carbocycles. The van der Waals surface area contributed by atoms with Gasteiger partial charge in [0.2, 0.25) is 0 Å². The van der Waals surface area contributed by atoms with Crippen LogP contribution in [-0.2, 0) is 0 Å². The smallest absolute Gasteiger partial charge is 0.269 e. The summed E-state index contributed by atoms with van der Waals surface area (Å²) in [6, 6.07) is 0. The van der Waals surface area contributed by atoms with Gasteiger partial charge >= 0.3 is 0 Å². The summed E-state index contributed by atoms with van der Waals surface area (Å²) in [4.78, 5) is 12.8. The number of H-pyrrole nitrogens is 1. The van der Waals surface area contributed by atoms with Gasteiger partial charge < -0.3 is 4.98 Å². The van der Waals surface area contributed by atoms with Crippen molar-refractivity contribution in [3.8, 4) is 0 Å². The molecule has 0 bridgehead atoms. The van der Waals surface area contributed by atoms with E-state index in [1.165, 1.54) is 0 Å². The van der Waals surface area contributed by atoms with Crippen LogP contribution in [0.1, 0.15) is 5.82 Å². The molecule has 0 aliphatic heterocycles. The molecule has 0 atom stereocenters. The standard InChI is InChI=1S/C4H5N3O/c1-3-6-4(8)2-5-7-3/h2H,1H3,(H,6,7,8). The Morgan fingerprint density at radius 3 is 2.88 bits per heavy atom. The lowest BCUT2D eigenvalue weighted by Gasteiger charge is -1.82. The molecule has 1 rings (SSSR count). The van der Waals surface area contributed by atoms with Crippen LogP contribution in [-0.4, -0.2) is 15.2 Å². The zero-order valence-corrected chi connectivity index (χ0v) is 4.38. The first kappa shape index (κ1) is 4.96. The second-order valence-corrected chi connectivity index (χ2v) is 1.42. The van der Waals surface area contributed by atoms with Gasteiger partial charge in [0.1, 0.15) is 12.0 Å². The van der Waals surface area contributed by atoms with E-state index in [0.29, 0.717) is 5.82 Å². The minimum absolute atomic E-state index is 0.211. The Kier molecular flexibility index (Phi) is 1.07. The number of nitrogens with zero attached hydrogens (tertiary/aromatic N) is 2. The highest BCUT2D eigenvalue weighted by atomic mass is 16.1. The van der Waals surface area contributed by atoms with Crippen LogP contribution in [0.25, 0.3) is 0 Å². The van der Waals surface area contributed by atoms with Crippen molar-refractivity contribution >= 4 is 0 Å². The topological polar surface area (TPSA) is 58.6 Å². The van der Waals surface area contributed by atoms with Crippen molar-refractivity contribution in [1.29, 1.82) is 0 Å². The Hall–Kier alpha value is -1.19. The summed E-state index contributed by atoms with van der Waals surface area (Å²) in [7, 11) is 0.